The van der Waals surface area contributed by atoms with E-state index in [0.717, 1.165) is 16.2 Å². The number of ether oxygens (including phenoxy) is 3. The van der Waals surface area contributed by atoms with E-state index in [1.165, 1.54) is 11.8 Å². The minimum Gasteiger partial charge on any atom is -0.454 e. The third-order valence-electron chi connectivity index (χ3n) is 4.13. The Morgan fingerprint density at radius 1 is 1.26 bits per heavy atom. The quantitative estimate of drug-likeness (QED) is 0.630. The van der Waals surface area contributed by atoms with Crippen molar-refractivity contribution in [3.8, 4) is 11.5 Å². The first kappa shape index (κ1) is 17.7. The van der Waals surface area contributed by atoms with E-state index in [-0.39, 0.29) is 18.5 Å². The van der Waals surface area contributed by atoms with Crippen molar-refractivity contribution in [3.05, 3.63) is 42.5 Å². The molecule has 1 N–H and O–H groups in total. The lowest BCUT2D eigenvalue weighted by Crippen LogP contribution is -2.15. The second-order valence-electron chi connectivity index (χ2n) is 5.93. The summed E-state index contributed by atoms with van der Waals surface area (Å²) < 4.78 is 17.9. The Morgan fingerprint density at radius 3 is 3.00 bits per heavy atom. The summed E-state index contributed by atoms with van der Waals surface area (Å²) in [5.41, 5.74) is 2.62. The zero-order valence-electron chi connectivity index (χ0n) is 14.8. The number of imidazole rings is 1. The number of rotatable bonds is 7. The molecule has 4 rings (SSSR count). The summed E-state index contributed by atoms with van der Waals surface area (Å²) in [6.45, 7) is 1.47. The van der Waals surface area contributed by atoms with Crippen LogP contribution in [0.3, 0.4) is 0 Å². The SMILES string of the molecule is COCCn1c(SCC(=O)Nc2ccc3c(c2)OCO3)nc2ccccc21. The highest BCUT2D eigenvalue weighted by atomic mass is 32.2. The van der Waals surface area contributed by atoms with E-state index in [0.29, 0.717) is 30.3 Å². The molecule has 0 aliphatic carbocycles. The van der Waals surface area contributed by atoms with Gasteiger partial charge in [-0.1, -0.05) is 23.9 Å². The van der Waals surface area contributed by atoms with E-state index < -0.39 is 0 Å². The maximum Gasteiger partial charge on any atom is 0.234 e. The highest BCUT2D eigenvalue weighted by Crippen LogP contribution is 2.34. The molecule has 2 aromatic carbocycles. The van der Waals surface area contributed by atoms with Crippen molar-refractivity contribution in [3.63, 3.8) is 0 Å². The van der Waals surface area contributed by atoms with Gasteiger partial charge in [-0.3, -0.25) is 4.79 Å². The normalized spacial score (nSPS) is 12.5. The van der Waals surface area contributed by atoms with Gasteiger partial charge in [0.05, 0.1) is 23.4 Å². The van der Waals surface area contributed by atoms with Gasteiger partial charge in [-0.05, 0) is 24.3 Å². The molecule has 27 heavy (non-hydrogen) atoms. The molecule has 0 bridgehead atoms. The molecular weight excluding hydrogens is 366 g/mol. The number of anilines is 1. The van der Waals surface area contributed by atoms with Crippen molar-refractivity contribution < 1.29 is 19.0 Å². The Balaban J connectivity index is 1.44. The summed E-state index contributed by atoms with van der Waals surface area (Å²) in [7, 11) is 1.67. The molecule has 0 fully saturated rings. The monoisotopic (exact) mass is 385 g/mol. The van der Waals surface area contributed by atoms with Gasteiger partial charge >= 0.3 is 0 Å². The molecule has 1 amide bonds. The lowest BCUT2D eigenvalue weighted by molar-refractivity contribution is -0.113. The molecule has 140 valence electrons. The second-order valence-corrected chi connectivity index (χ2v) is 6.87. The van der Waals surface area contributed by atoms with Gasteiger partial charge in [0.2, 0.25) is 12.7 Å². The third kappa shape index (κ3) is 3.86. The molecule has 0 spiro atoms. The molecule has 0 atom stereocenters. The van der Waals surface area contributed by atoms with Gasteiger partial charge in [-0.15, -0.1) is 0 Å². The number of carbonyl (C=O) groups is 1. The molecule has 0 unspecified atom stereocenters. The number of nitrogens with one attached hydrogen (secondary N) is 1. The van der Waals surface area contributed by atoms with Crippen LogP contribution in [0.4, 0.5) is 5.69 Å². The average Bonchev–Trinajstić information content (AvgIpc) is 3.28. The predicted octanol–water partition coefficient (Wildman–Crippen LogP) is 3.14. The van der Waals surface area contributed by atoms with Crippen LogP contribution in [0.5, 0.6) is 11.5 Å². The smallest absolute Gasteiger partial charge is 0.234 e. The van der Waals surface area contributed by atoms with E-state index in [4.69, 9.17) is 14.2 Å². The number of hydrogen-bond donors (Lipinski definition) is 1. The molecule has 1 aliphatic rings. The highest BCUT2D eigenvalue weighted by Gasteiger charge is 2.16. The first-order chi connectivity index (χ1) is 13.2. The predicted molar refractivity (Wildman–Crippen MR) is 104 cm³/mol. The molecule has 7 nitrogen and oxygen atoms in total. The number of para-hydroxylation sites is 2. The number of methoxy groups -OCH3 is 1. The fraction of sp³-hybridized carbons (Fsp3) is 0.263. The molecule has 0 saturated carbocycles. The number of carbonyl (C=O) groups excluding carboxylic acids is 1. The summed E-state index contributed by atoms with van der Waals surface area (Å²) in [6, 6.07) is 13.3. The molecule has 1 aromatic heterocycles. The maximum absolute atomic E-state index is 12.4. The van der Waals surface area contributed by atoms with Crippen molar-refractivity contribution >= 4 is 34.4 Å². The topological polar surface area (TPSA) is 74.6 Å². The van der Waals surface area contributed by atoms with Gasteiger partial charge < -0.3 is 24.1 Å². The Bertz CT molecular complexity index is 973. The number of benzene rings is 2. The second kappa shape index (κ2) is 7.89. The van der Waals surface area contributed by atoms with E-state index >= 15 is 0 Å². The van der Waals surface area contributed by atoms with Gasteiger partial charge in [0.15, 0.2) is 16.7 Å². The summed E-state index contributed by atoms with van der Waals surface area (Å²) in [4.78, 5) is 17.0. The van der Waals surface area contributed by atoms with Crippen molar-refractivity contribution in [1.29, 1.82) is 0 Å². The van der Waals surface area contributed by atoms with Gasteiger partial charge in [-0.25, -0.2) is 4.98 Å². The van der Waals surface area contributed by atoms with E-state index in [9.17, 15) is 4.79 Å². The van der Waals surface area contributed by atoms with Crippen LogP contribution in [-0.4, -0.2) is 41.7 Å². The van der Waals surface area contributed by atoms with Gasteiger partial charge in [0, 0.05) is 25.4 Å². The minimum atomic E-state index is -0.107. The lowest BCUT2D eigenvalue weighted by Gasteiger charge is -2.09. The van der Waals surface area contributed by atoms with E-state index in [2.05, 4.69) is 14.9 Å². The molecule has 2 heterocycles. The van der Waals surface area contributed by atoms with Crippen molar-refractivity contribution in [2.45, 2.75) is 11.7 Å². The van der Waals surface area contributed by atoms with Crippen LogP contribution in [0.15, 0.2) is 47.6 Å². The standard InChI is InChI=1S/C19H19N3O4S/c1-24-9-8-22-15-5-3-2-4-14(15)21-19(22)27-11-18(23)20-13-6-7-16-17(10-13)26-12-25-16/h2-7,10H,8-9,11-12H2,1H3,(H,20,23). The van der Waals surface area contributed by atoms with Gasteiger partial charge in [0.25, 0.3) is 0 Å². The van der Waals surface area contributed by atoms with Crippen molar-refractivity contribution in [2.75, 3.05) is 31.6 Å². The number of aromatic nitrogens is 2. The number of nitrogens with zero attached hydrogens (tertiary/aromatic N) is 2. The summed E-state index contributed by atoms with van der Waals surface area (Å²) in [5, 5.41) is 3.68. The highest BCUT2D eigenvalue weighted by molar-refractivity contribution is 7.99. The Morgan fingerprint density at radius 2 is 2.11 bits per heavy atom. The summed E-state index contributed by atoms with van der Waals surface area (Å²) >= 11 is 1.40. The zero-order valence-corrected chi connectivity index (χ0v) is 15.6. The molecular formula is C19H19N3O4S. The largest absolute Gasteiger partial charge is 0.454 e. The molecule has 8 heteroatoms. The lowest BCUT2D eigenvalue weighted by atomic mass is 10.3. The third-order valence-corrected chi connectivity index (χ3v) is 5.10. The maximum atomic E-state index is 12.4. The van der Waals surface area contributed by atoms with Crippen LogP contribution in [0, 0.1) is 0 Å². The van der Waals surface area contributed by atoms with E-state index in [1.54, 1.807) is 25.3 Å². The van der Waals surface area contributed by atoms with E-state index in [1.807, 2.05) is 24.3 Å². The number of hydrogen-bond acceptors (Lipinski definition) is 6. The molecule has 3 aromatic rings. The average molecular weight is 385 g/mol. The molecule has 1 aliphatic heterocycles. The Labute approximate surface area is 160 Å². The van der Waals surface area contributed by atoms with Crippen LogP contribution in [0.1, 0.15) is 0 Å². The number of thioether (sulfide) groups is 1. The Kier molecular flexibility index (Phi) is 5.17. The fourth-order valence-electron chi connectivity index (χ4n) is 2.86. The summed E-state index contributed by atoms with van der Waals surface area (Å²) in [5.74, 6) is 1.48. The number of fused-ring (bicyclic) bond motifs is 2. The minimum absolute atomic E-state index is 0.107. The molecule has 0 radical (unpaired) electrons. The van der Waals surface area contributed by atoms with Gasteiger partial charge in [-0.2, -0.15) is 0 Å². The zero-order chi connectivity index (χ0) is 18.6. The fourth-order valence-corrected chi connectivity index (χ4v) is 3.70. The number of amides is 1. The van der Waals surface area contributed by atoms with Crippen LogP contribution < -0.4 is 14.8 Å². The van der Waals surface area contributed by atoms with Gasteiger partial charge in [0.1, 0.15) is 0 Å². The van der Waals surface area contributed by atoms with Crippen molar-refractivity contribution in [2.24, 2.45) is 0 Å². The molecule has 0 saturated heterocycles. The van der Waals surface area contributed by atoms with Crippen LogP contribution in [0.25, 0.3) is 11.0 Å². The van der Waals surface area contributed by atoms with Crippen LogP contribution in [-0.2, 0) is 16.1 Å². The van der Waals surface area contributed by atoms with Crippen LogP contribution >= 0.6 is 11.8 Å². The summed E-state index contributed by atoms with van der Waals surface area (Å²) in [6.07, 6.45) is 0. The van der Waals surface area contributed by atoms with Crippen molar-refractivity contribution in [1.82, 2.24) is 9.55 Å². The first-order valence-electron chi connectivity index (χ1n) is 8.51. The Hall–Kier alpha value is -2.71. The first-order valence-corrected chi connectivity index (χ1v) is 9.49. The van der Waals surface area contributed by atoms with Crippen LogP contribution in [0.2, 0.25) is 0 Å².